The zero-order chi connectivity index (χ0) is 15.7. The van der Waals surface area contributed by atoms with Crippen molar-refractivity contribution in [3.05, 3.63) is 41.3 Å². The van der Waals surface area contributed by atoms with E-state index in [2.05, 4.69) is 13.0 Å². The number of carbonyl (C=O) groups is 1. The van der Waals surface area contributed by atoms with Crippen LogP contribution < -0.4 is 4.74 Å². The van der Waals surface area contributed by atoms with Gasteiger partial charge in [0.1, 0.15) is 25.2 Å². The van der Waals surface area contributed by atoms with E-state index in [9.17, 15) is 4.79 Å². The minimum Gasteiger partial charge on any atom is -0.497 e. The van der Waals surface area contributed by atoms with E-state index in [1.807, 2.05) is 24.0 Å². The molecule has 0 spiro atoms. The lowest BCUT2D eigenvalue weighted by molar-refractivity contribution is -0.137. The van der Waals surface area contributed by atoms with Gasteiger partial charge in [-0.2, -0.15) is 0 Å². The Labute approximate surface area is 130 Å². The van der Waals surface area contributed by atoms with E-state index >= 15 is 0 Å². The van der Waals surface area contributed by atoms with Crippen molar-refractivity contribution in [2.24, 2.45) is 0 Å². The highest BCUT2D eigenvalue weighted by Gasteiger charge is 2.35. The minimum atomic E-state index is -0.110. The predicted octanol–water partition coefficient (Wildman–Crippen LogP) is 2.42. The first-order valence-corrected chi connectivity index (χ1v) is 7.56. The lowest BCUT2D eigenvalue weighted by Crippen LogP contribution is -2.46. The molecule has 5 nitrogen and oxygen atoms in total. The molecule has 0 bridgehead atoms. The van der Waals surface area contributed by atoms with E-state index in [0.717, 1.165) is 17.7 Å². The highest BCUT2D eigenvalue weighted by molar-refractivity contribution is 5.92. The van der Waals surface area contributed by atoms with Gasteiger partial charge in [0.25, 0.3) is 5.91 Å². The molecule has 0 unspecified atom stereocenters. The summed E-state index contributed by atoms with van der Waals surface area (Å²) in [6.45, 7) is 5.01. The van der Waals surface area contributed by atoms with Gasteiger partial charge in [0.05, 0.1) is 13.2 Å². The Morgan fingerprint density at radius 1 is 1.32 bits per heavy atom. The van der Waals surface area contributed by atoms with Crippen LogP contribution in [0.25, 0.3) is 0 Å². The number of amides is 1. The molecule has 0 aliphatic carbocycles. The number of hydrogen-bond donors (Lipinski definition) is 0. The summed E-state index contributed by atoms with van der Waals surface area (Å²) in [6.07, 6.45) is 2.23. The van der Waals surface area contributed by atoms with Gasteiger partial charge in [-0.3, -0.25) is 4.79 Å². The molecular formula is C17H21NO4. The van der Waals surface area contributed by atoms with Gasteiger partial charge in [-0.05, 0) is 43.5 Å². The van der Waals surface area contributed by atoms with Crippen LogP contribution >= 0.6 is 0 Å². The third-order valence-electron chi connectivity index (χ3n) is 4.30. The van der Waals surface area contributed by atoms with Gasteiger partial charge in [0.2, 0.25) is 5.76 Å². The Bertz CT molecular complexity index is 611. The number of carbonyl (C=O) groups excluding carboxylic acids is 1. The van der Waals surface area contributed by atoms with Crippen LogP contribution in [0, 0.1) is 0 Å². The number of methoxy groups -OCH3 is 1. The van der Waals surface area contributed by atoms with E-state index < -0.39 is 0 Å². The summed E-state index contributed by atoms with van der Waals surface area (Å²) in [7, 11) is 1.67. The van der Waals surface area contributed by atoms with Crippen molar-refractivity contribution < 1.29 is 19.0 Å². The molecule has 2 atom stereocenters. The Morgan fingerprint density at radius 2 is 2.14 bits per heavy atom. The quantitative estimate of drug-likeness (QED) is 0.842. The Hall–Kier alpha value is -2.17. The van der Waals surface area contributed by atoms with Crippen molar-refractivity contribution in [2.45, 2.75) is 32.4 Å². The Morgan fingerprint density at radius 3 is 2.82 bits per heavy atom. The van der Waals surface area contributed by atoms with E-state index in [0.29, 0.717) is 19.0 Å². The van der Waals surface area contributed by atoms with Crippen LogP contribution in [-0.2, 0) is 20.7 Å². The smallest absolute Gasteiger partial charge is 0.292 e. The molecule has 1 aromatic carbocycles. The second kappa shape index (κ2) is 5.91. The monoisotopic (exact) mass is 303 g/mol. The molecule has 0 saturated heterocycles. The molecule has 2 heterocycles. The van der Waals surface area contributed by atoms with E-state index in [1.165, 1.54) is 11.8 Å². The van der Waals surface area contributed by atoms with Crippen LogP contribution in [0.5, 0.6) is 5.75 Å². The fourth-order valence-electron chi connectivity index (χ4n) is 3.23. The molecule has 2 aliphatic rings. The van der Waals surface area contributed by atoms with Gasteiger partial charge in [-0.1, -0.05) is 6.07 Å². The molecule has 0 N–H and O–H groups in total. The molecule has 5 heteroatoms. The third kappa shape index (κ3) is 2.51. The molecule has 0 fully saturated rings. The molecule has 22 heavy (non-hydrogen) atoms. The molecule has 3 rings (SSSR count). The van der Waals surface area contributed by atoms with E-state index in [4.69, 9.17) is 14.2 Å². The molecule has 118 valence electrons. The Kier molecular flexibility index (Phi) is 3.96. The van der Waals surface area contributed by atoms with Crippen LogP contribution in [0.4, 0.5) is 0 Å². The van der Waals surface area contributed by atoms with Crippen molar-refractivity contribution in [1.82, 2.24) is 4.90 Å². The van der Waals surface area contributed by atoms with E-state index in [-0.39, 0.29) is 18.0 Å². The SMILES string of the molecule is COc1ccc2c(c1)C[C@@H](C)N(C(=O)C1=COCCO1)[C@@H]2C. The number of ether oxygens (including phenoxy) is 3. The fourth-order valence-corrected chi connectivity index (χ4v) is 3.23. The predicted molar refractivity (Wildman–Crippen MR) is 81.4 cm³/mol. The van der Waals surface area contributed by atoms with Crippen LogP contribution in [0.15, 0.2) is 30.2 Å². The standard InChI is InChI=1S/C17H21NO4/c1-11-8-13-9-14(20-3)4-5-15(13)12(2)18(11)17(19)16-10-21-6-7-22-16/h4-5,9-12H,6-8H2,1-3H3/t11-,12-/m1/s1. The maximum atomic E-state index is 12.7. The summed E-state index contributed by atoms with van der Waals surface area (Å²) in [5.74, 6) is 1.03. The lowest BCUT2D eigenvalue weighted by atomic mass is 9.89. The average molecular weight is 303 g/mol. The van der Waals surface area contributed by atoms with Crippen molar-refractivity contribution >= 4 is 5.91 Å². The third-order valence-corrected chi connectivity index (χ3v) is 4.30. The van der Waals surface area contributed by atoms with Gasteiger partial charge in [0, 0.05) is 6.04 Å². The molecule has 1 aromatic rings. The van der Waals surface area contributed by atoms with E-state index in [1.54, 1.807) is 7.11 Å². The molecular weight excluding hydrogens is 282 g/mol. The molecule has 0 aromatic heterocycles. The van der Waals surface area contributed by atoms with Gasteiger partial charge in [-0.25, -0.2) is 0 Å². The number of benzene rings is 1. The first kappa shape index (κ1) is 14.8. The molecule has 2 aliphatic heterocycles. The molecule has 0 saturated carbocycles. The van der Waals surface area contributed by atoms with Crippen LogP contribution in [0.1, 0.15) is 31.0 Å². The van der Waals surface area contributed by atoms with Gasteiger partial charge >= 0.3 is 0 Å². The average Bonchev–Trinajstić information content (AvgIpc) is 2.55. The van der Waals surface area contributed by atoms with Crippen LogP contribution in [0.2, 0.25) is 0 Å². The summed E-state index contributed by atoms with van der Waals surface area (Å²) in [6, 6.07) is 6.12. The summed E-state index contributed by atoms with van der Waals surface area (Å²) in [5.41, 5.74) is 2.39. The second-order valence-corrected chi connectivity index (χ2v) is 5.71. The number of rotatable bonds is 2. The maximum Gasteiger partial charge on any atom is 0.292 e. The first-order valence-electron chi connectivity index (χ1n) is 7.56. The zero-order valence-electron chi connectivity index (χ0n) is 13.2. The summed E-state index contributed by atoms with van der Waals surface area (Å²) < 4.78 is 15.9. The first-order chi connectivity index (χ1) is 10.6. The van der Waals surface area contributed by atoms with Crippen LogP contribution in [0.3, 0.4) is 0 Å². The van der Waals surface area contributed by atoms with Crippen molar-refractivity contribution in [3.8, 4) is 5.75 Å². The second-order valence-electron chi connectivity index (χ2n) is 5.71. The molecule has 0 radical (unpaired) electrons. The van der Waals surface area contributed by atoms with Gasteiger partial charge < -0.3 is 19.1 Å². The highest BCUT2D eigenvalue weighted by Crippen LogP contribution is 2.35. The maximum absolute atomic E-state index is 12.7. The largest absolute Gasteiger partial charge is 0.497 e. The topological polar surface area (TPSA) is 48.0 Å². The fraction of sp³-hybridized carbons (Fsp3) is 0.471. The van der Waals surface area contributed by atoms with Gasteiger partial charge in [-0.15, -0.1) is 0 Å². The summed E-state index contributed by atoms with van der Waals surface area (Å²) in [4.78, 5) is 14.6. The lowest BCUT2D eigenvalue weighted by Gasteiger charge is -2.40. The van der Waals surface area contributed by atoms with Crippen molar-refractivity contribution in [2.75, 3.05) is 20.3 Å². The normalized spacial score (nSPS) is 23.8. The number of nitrogens with zero attached hydrogens (tertiary/aromatic N) is 1. The van der Waals surface area contributed by atoms with Crippen molar-refractivity contribution in [3.63, 3.8) is 0 Å². The summed E-state index contributed by atoms with van der Waals surface area (Å²) >= 11 is 0. The van der Waals surface area contributed by atoms with Crippen molar-refractivity contribution in [1.29, 1.82) is 0 Å². The zero-order valence-corrected chi connectivity index (χ0v) is 13.2. The highest BCUT2D eigenvalue weighted by atomic mass is 16.6. The summed E-state index contributed by atoms with van der Waals surface area (Å²) in [5, 5.41) is 0. The van der Waals surface area contributed by atoms with Crippen LogP contribution in [-0.4, -0.2) is 37.2 Å². The Balaban J connectivity index is 1.90. The molecule has 1 amide bonds. The minimum absolute atomic E-state index is 0.0106. The number of fused-ring (bicyclic) bond motifs is 1. The number of hydrogen-bond acceptors (Lipinski definition) is 4. The van der Waals surface area contributed by atoms with Gasteiger partial charge in [0.15, 0.2) is 0 Å².